The third kappa shape index (κ3) is 3.71. The van der Waals surface area contributed by atoms with Crippen LogP contribution in [0.5, 0.6) is 0 Å². The normalized spacial score (nSPS) is 15.4. The van der Waals surface area contributed by atoms with Gasteiger partial charge in [0, 0.05) is 40.4 Å². The van der Waals surface area contributed by atoms with Gasteiger partial charge in [0.25, 0.3) is 11.5 Å². The highest BCUT2D eigenvalue weighted by atomic mass is 16.5. The molecule has 0 atom stereocenters. The SMILES string of the molecule is COCCCn1c(C(=O)NC2CCCCC2)cc2c(=O)n(C)c(=O)n(C)c21. The average Bonchev–Trinajstić information content (AvgIpc) is 3.05. The molecule has 1 aliphatic rings. The second kappa shape index (κ2) is 8.12. The van der Waals surface area contributed by atoms with Gasteiger partial charge in [-0.25, -0.2) is 4.79 Å². The van der Waals surface area contributed by atoms with Gasteiger partial charge < -0.3 is 14.6 Å². The van der Waals surface area contributed by atoms with E-state index >= 15 is 0 Å². The van der Waals surface area contributed by atoms with Crippen LogP contribution in [0.1, 0.15) is 49.0 Å². The van der Waals surface area contributed by atoms with E-state index in [9.17, 15) is 14.4 Å². The first kappa shape index (κ1) is 19.4. The minimum Gasteiger partial charge on any atom is -0.385 e. The first-order valence-electron chi connectivity index (χ1n) is 9.54. The molecule has 0 bridgehead atoms. The van der Waals surface area contributed by atoms with E-state index in [1.54, 1.807) is 24.8 Å². The Labute approximate surface area is 157 Å². The zero-order valence-corrected chi connectivity index (χ0v) is 16.3. The van der Waals surface area contributed by atoms with E-state index in [-0.39, 0.29) is 17.5 Å². The van der Waals surface area contributed by atoms with E-state index < -0.39 is 5.69 Å². The lowest BCUT2D eigenvalue weighted by Gasteiger charge is -2.23. The first-order chi connectivity index (χ1) is 13.0. The van der Waals surface area contributed by atoms with E-state index in [0.717, 1.165) is 30.3 Å². The summed E-state index contributed by atoms with van der Waals surface area (Å²) in [6, 6.07) is 1.78. The summed E-state index contributed by atoms with van der Waals surface area (Å²) >= 11 is 0. The van der Waals surface area contributed by atoms with Crippen molar-refractivity contribution in [3.8, 4) is 0 Å². The van der Waals surface area contributed by atoms with Crippen LogP contribution in [0.3, 0.4) is 0 Å². The lowest BCUT2D eigenvalue weighted by Crippen LogP contribution is -2.38. The van der Waals surface area contributed by atoms with Gasteiger partial charge in [0.1, 0.15) is 11.3 Å². The molecule has 27 heavy (non-hydrogen) atoms. The van der Waals surface area contributed by atoms with Crippen LogP contribution in [-0.4, -0.2) is 39.4 Å². The van der Waals surface area contributed by atoms with Crippen molar-refractivity contribution in [2.75, 3.05) is 13.7 Å². The number of aromatic nitrogens is 3. The number of nitrogens with zero attached hydrogens (tertiary/aromatic N) is 3. The molecule has 8 heteroatoms. The molecule has 0 unspecified atom stereocenters. The number of methoxy groups -OCH3 is 1. The summed E-state index contributed by atoms with van der Waals surface area (Å²) in [5.41, 5.74) is 0.112. The topological polar surface area (TPSA) is 87.3 Å². The molecule has 0 radical (unpaired) electrons. The smallest absolute Gasteiger partial charge is 0.332 e. The molecule has 1 saturated carbocycles. The van der Waals surface area contributed by atoms with Crippen LogP contribution < -0.4 is 16.6 Å². The first-order valence-corrected chi connectivity index (χ1v) is 9.54. The van der Waals surface area contributed by atoms with Gasteiger partial charge in [-0.2, -0.15) is 0 Å². The number of ether oxygens (including phenoxy) is 1. The zero-order valence-electron chi connectivity index (χ0n) is 16.3. The second-order valence-electron chi connectivity index (χ2n) is 7.28. The number of amides is 1. The molecule has 3 rings (SSSR count). The third-order valence-corrected chi connectivity index (χ3v) is 5.40. The maximum atomic E-state index is 13.0. The van der Waals surface area contributed by atoms with Gasteiger partial charge in [-0.1, -0.05) is 19.3 Å². The van der Waals surface area contributed by atoms with Gasteiger partial charge in [0.15, 0.2) is 0 Å². The fourth-order valence-electron chi connectivity index (χ4n) is 3.93. The quantitative estimate of drug-likeness (QED) is 0.766. The van der Waals surface area contributed by atoms with Crippen molar-refractivity contribution in [3.63, 3.8) is 0 Å². The van der Waals surface area contributed by atoms with E-state index in [4.69, 9.17) is 4.74 Å². The fourth-order valence-corrected chi connectivity index (χ4v) is 3.93. The molecule has 1 fully saturated rings. The minimum absolute atomic E-state index is 0.170. The molecule has 2 heterocycles. The molecule has 1 amide bonds. The van der Waals surface area contributed by atoms with Crippen LogP contribution >= 0.6 is 0 Å². The molecule has 2 aromatic rings. The molecule has 1 N–H and O–H groups in total. The Bertz CT molecular complexity index is 947. The van der Waals surface area contributed by atoms with E-state index in [0.29, 0.717) is 36.3 Å². The summed E-state index contributed by atoms with van der Waals surface area (Å²) in [6.07, 6.45) is 6.09. The molecule has 0 saturated heterocycles. The van der Waals surface area contributed by atoms with Crippen molar-refractivity contribution in [1.29, 1.82) is 0 Å². The van der Waals surface area contributed by atoms with Crippen molar-refractivity contribution in [2.24, 2.45) is 14.1 Å². The Kier molecular flexibility index (Phi) is 5.84. The number of aryl methyl sites for hydroxylation is 2. The molecule has 2 aromatic heterocycles. The van der Waals surface area contributed by atoms with Crippen LogP contribution in [0.2, 0.25) is 0 Å². The summed E-state index contributed by atoms with van der Waals surface area (Å²) in [7, 11) is 4.70. The number of nitrogens with one attached hydrogen (secondary N) is 1. The van der Waals surface area contributed by atoms with E-state index in [1.807, 2.05) is 0 Å². The van der Waals surface area contributed by atoms with Crippen LogP contribution in [0.25, 0.3) is 11.0 Å². The van der Waals surface area contributed by atoms with Crippen molar-refractivity contribution >= 4 is 16.9 Å². The van der Waals surface area contributed by atoms with Gasteiger partial charge in [-0.15, -0.1) is 0 Å². The van der Waals surface area contributed by atoms with Gasteiger partial charge in [-0.3, -0.25) is 18.7 Å². The molecule has 1 aliphatic carbocycles. The van der Waals surface area contributed by atoms with E-state index in [1.165, 1.54) is 18.0 Å². The van der Waals surface area contributed by atoms with Crippen molar-refractivity contribution in [1.82, 2.24) is 19.0 Å². The molecule has 0 spiro atoms. The molecule has 0 aromatic carbocycles. The highest BCUT2D eigenvalue weighted by Gasteiger charge is 2.23. The average molecular weight is 376 g/mol. The monoisotopic (exact) mass is 376 g/mol. The van der Waals surface area contributed by atoms with Gasteiger partial charge in [-0.05, 0) is 25.3 Å². The zero-order chi connectivity index (χ0) is 19.6. The van der Waals surface area contributed by atoms with Crippen LogP contribution in [0, 0.1) is 0 Å². The second-order valence-corrected chi connectivity index (χ2v) is 7.28. The number of hydrogen-bond acceptors (Lipinski definition) is 4. The highest BCUT2D eigenvalue weighted by Crippen LogP contribution is 2.20. The maximum absolute atomic E-state index is 13.0. The summed E-state index contributed by atoms with van der Waals surface area (Å²) in [6.45, 7) is 1.02. The lowest BCUT2D eigenvalue weighted by atomic mass is 9.95. The number of fused-ring (bicyclic) bond motifs is 1. The third-order valence-electron chi connectivity index (χ3n) is 5.40. The van der Waals surface area contributed by atoms with Gasteiger partial charge >= 0.3 is 5.69 Å². The molecular formula is C19H28N4O4. The molecule has 148 valence electrons. The Morgan fingerprint density at radius 3 is 2.56 bits per heavy atom. The Morgan fingerprint density at radius 2 is 1.89 bits per heavy atom. The number of rotatable bonds is 6. The van der Waals surface area contributed by atoms with Gasteiger partial charge in [0.05, 0.1) is 5.39 Å². The summed E-state index contributed by atoms with van der Waals surface area (Å²) in [4.78, 5) is 37.9. The highest BCUT2D eigenvalue weighted by molar-refractivity contribution is 5.98. The molecule has 0 aliphatic heterocycles. The minimum atomic E-state index is -0.405. The molecular weight excluding hydrogens is 348 g/mol. The number of carbonyl (C=O) groups excluding carboxylic acids is 1. The van der Waals surface area contributed by atoms with Crippen molar-refractivity contribution < 1.29 is 9.53 Å². The number of carbonyl (C=O) groups is 1. The summed E-state index contributed by atoms with van der Waals surface area (Å²) in [5, 5.41) is 3.49. The fraction of sp³-hybridized carbons (Fsp3) is 0.632. The summed E-state index contributed by atoms with van der Waals surface area (Å²) in [5.74, 6) is -0.190. The Morgan fingerprint density at radius 1 is 1.19 bits per heavy atom. The standard InChI is InChI=1S/C19H28N4O4/c1-21-17-14(18(25)22(2)19(21)26)12-15(23(17)10-7-11-27-3)16(24)20-13-8-5-4-6-9-13/h12-13H,4-11H2,1-3H3,(H,20,24). The Hall–Kier alpha value is -2.35. The van der Waals surface area contributed by atoms with Crippen molar-refractivity contribution in [3.05, 3.63) is 32.6 Å². The van der Waals surface area contributed by atoms with E-state index in [2.05, 4.69) is 5.32 Å². The van der Waals surface area contributed by atoms with Crippen LogP contribution in [-0.2, 0) is 25.4 Å². The molecule has 8 nitrogen and oxygen atoms in total. The van der Waals surface area contributed by atoms with Crippen LogP contribution in [0.15, 0.2) is 15.7 Å². The predicted molar refractivity (Wildman–Crippen MR) is 103 cm³/mol. The Balaban J connectivity index is 2.07. The van der Waals surface area contributed by atoms with Crippen LogP contribution in [0.4, 0.5) is 0 Å². The van der Waals surface area contributed by atoms with Crippen molar-refractivity contribution in [2.45, 2.75) is 51.1 Å². The number of hydrogen-bond donors (Lipinski definition) is 1. The largest absolute Gasteiger partial charge is 0.385 e. The van der Waals surface area contributed by atoms with Gasteiger partial charge in [0.2, 0.25) is 0 Å². The summed E-state index contributed by atoms with van der Waals surface area (Å²) < 4.78 is 9.40. The predicted octanol–water partition coefficient (Wildman–Crippen LogP) is 1.14. The maximum Gasteiger partial charge on any atom is 0.332 e. The lowest BCUT2D eigenvalue weighted by molar-refractivity contribution is 0.0917.